The Hall–Kier alpha value is -0.660. The quantitative estimate of drug-likeness (QED) is 0.650. The minimum Gasteiger partial charge on any atom is -0.300 e. The van der Waals surface area contributed by atoms with Crippen LogP contribution in [0, 0.1) is 5.92 Å². The van der Waals surface area contributed by atoms with Crippen molar-refractivity contribution in [1.82, 2.24) is 0 Å². The Morgan fingerprint density at radius 1 is 0.929 bits per heavy atom. The topological polar surface area (TPSA) is 34.1 Å². The summed E-state index contributed by atoms with van der Waals surface area (Å²) in [6.07, 6.45) is 6.17. The minimum atomic E-state index is 0. The normalized spacial score (nSPS) is 15.9. The lowest BCUT2D eigenvalue weighted by Crippen LogP contribution is -2.13. The van der Waals surface area contributed by atoms with Gasteiger partial charge < -0.3 is 4.79 Å². The summed E-state index contributed by atoms with van der Waals surface area (Å²) in [6.45, 7) is 4.77. The Kier molecular flexibility index (Phi) is 10.1. The molecule has 0 atom stereocenters. The zero-order valence-electron chi connectivity index (χ0n) is 8.93. The highest BCUT2D eigenvalue weighted by molar-refractivity contribution is 5.78. The summed E-state index contributed by atoms with van der Waals surface area (Å²) in [6, 6.07) is 0. The van der Waals surface area contributed by atoms with Crippen LogP contribution in [0.3, 0.4) is 0 Å². The van der Waals surface area contributed by atoms with Crippen molar-refractivity contribution in [2.45, 2.75) is 60.3 Å². The van der Waals surface area contributed by atoms with E-state index in [0.717, 1.165) is 12.8 Å². The number of rotatable bonds is 1. The molecule has 0 unspecified atom stereocenters. The van der Waals surface area contributed by atoms with E-state index in [1.165, 1.54) is 33.1 Å². The fourth-order valence-electron chi connectivity index (χ4n) is 1.51. The van der Waals surface area contributed by atoms with Gasteiger partial charge in [-0.1, -0.05) is 26.7 Å². The first kappa shape index (κ1) is 15.8. The van der Waals surface area contributed by atoms with Crippen LogP contribution in [0.15, 0.2) is 0 Å². The van der Waals surface area contributed by atoms with Gasteiger partial charge in [-0.25, -0.2) is 0 Å². The maximum Gasteiger partial charge on any atom is 0.132 e. The van der Waals surface area contributed by atoms with Gasteiger partial charge in [0.25, 0.3) is 0 Å². The van der Waals surface area contributed by atoms with Crippen LogP contribution in [-0.4, -0.2) is 11.6 Å². The number of carbonyl (C=O) groups excluding carboxylic acids is 2. The molecule has 0 aromatic carbocycles. The summed E-state index contributed by atoms with van der Waals surface area (Å²) in [5, 5.41) is 0. The molecule has 0 N–H and O–H groups in total. The second-order valence-electron chi connectivity index (χ2n) is 3.85. The molecule has 1 rings (SSSR count). The van der Waals surface area contributed by atoms with Crippen LogP contribution in [0.5, 0.6) is 0 Å². The van der Waals surface area contributed by atoms with E-state index in [1.807, 2.05) is 0 Å². The van der Waals surface area contributed by atoms with Crippen LogP contribution in [-0.2, 0) is 9.59 Å². The number of carbonyl (C=O) groups is 2. The van der Waals surface area contributed by atoms with Gasteiger partial charge in [0.15, 0.2) is 0 Å². The lowest BCUT2D eigenvalue weighted by molar-refractivity contribution is -0.121. The summed E-state index contributed by atoms with van der Waals surface area (Å²) in [7, 11) is 0. The predicted molar refractivity (Wildman–Crippen MR) is 60.3 cm³/mol. The van der Waals surface area contributed by atoms with Crippen molar-refractivity contribution in [3.05, 3.63) is 0 Å². The Bertz CT molecular complexity index is 163. The molecular weight excluding hydrogens is 176 g/mol. The lowest BCUT2D eigenvalue weighted by Gasteiger charge is -2.17. The van der Waals surface area contributed by atoms with Crippen molar-refractivity contribution < 1.29 is 9.59 Å². The molecule has 1 fully saturated rings. The molecule has 0 amide bonds. The number of ketones is 2. The van der Waals surface area contributed by atoms with Crippen molar-refractivity contribution in [2.75, 3.05) is 0 Å². The third-order valence-electron chi connectivity index (χ3n) is 2.18. The molecule has 84 valence electrons. The van der Waals surface area contributed by atoms with Crippen LogP contribution in [0.25, 0.3) is 0 Å². The van der Waals surface area contributed by atoms with Gasteiger partial charge >= 0.3 is 0 Å². The van der Waals surface area contributed by atoms with E-state index in [-0.39, 0.29) is 13.2 Å². The average Bonchev–Trinajstić information content (AvgIpc) is 2.05. The van der Waals surface area contributed by atoms with Crippen LogP contribution in [0.2, 0.25) is 0 Å². The van der Waals surface area contributed by atoms with Gasteiger partial charge in [0.05, 0.1) is 0 Å². The molecule has 0 bridgehead atoms. The van der Waals surface area contributed by atoms with Crippen molar-refractivity contribution in [3.63, 3.8) is 0 Å². The summed E-state index contributed by atoms with van der Waals surface area (Å²) in [5.74, 6) is 0.980. The highest BCUT2D eigenvalue weighted by Crippen LogP contribution is 2.23. The fraction of sp³-hybridized carbons (Fsp3) is 0.833. The molecule has 0 aromatic rings. The number of Topliss-reactive ketones (excluding diaryl/α,β-unsaturated/α-hetero) is 2. The van der Waals surface area contributed by atoms with Crippen molar-refractivity contribution in [1.29, 1.82) is 0 Å². The van der Waals surface area contributed by atoms with Gasteiger partial charge in [0.1, 0.15) is 11.6 Å². The molecule has 1 aliphatic rings. The van der Waals surface area contributed by atoms with Crippen molar-refractivity contribution >= 4 is 11.6 Å². The van der Waals surface area contributed by atoms with E-state index in [4.69, 9.17) is 0 Å². The summed E-state index contributed by atoms with van der Waals surface area (Å²) < 4.78 is 0. The molecule has 2 heteroatoms. The molecule has 14 heavy (non-hydrogen) atoms. The number of hydrogen-bond donors (Lipinski definition) is 0. The van der Waals surface area contributed by atoms with E-state index in [9.17, 15) is 9.59 Å². The monoisotopic (exact) mass is 200 g/mol. The first-order valence-corrected chi connectivity index (χ1v) is 5.01. The third-order valence-corrected chi connectivity index (χ3v) is 2.18. The molecule has 1 saturated carbocycles. The largest absolute Gasteiger partial charge is 0.300 e. The van der Waals surface area contributed by atoms with E-state index in [1.54, 1.807) is 6.92 Å². The Morgan fingerprint density at radius 3 is 1.50 bits per heavy atom. The van der Waals surface area contributed by atoms with E-state index in [0.29, 0.717) is 11.7 Å². The molecule has 0 saturated heterocycles. The van der Waals surface area contributed by atoms with Gasteiger partial charge in [-0.2, -0.15) is 0 Å². The predicted octanol–water partition coefficient (Wildman–Crippen LogP) is 3.39. The Labute approximate surface area is 88.1 Å². The summed E-state index contributed by atoms with van der Waals surface area (Å²) >= 11 is 0. The standard InChI is InChI=1S/C8H14O.C3H6O.CH4/c1-7(9)8-5-3-2-4-6-8;1-3(2)4;/h8H,2-6H2,1H3;1-2H3;1H4. The molecule has 0 heterocycles. The maximum atomic E-state index is 10.8. The zero-order chi connectivity index (χ0) is 10.3. The van der Waals surface area contributed by atoms with E-state index < -0.39 is 0 Å². The molecule has 0 radical (unpaired) electrons. The number of hydrogen-bond acceptors (Lipinski definition) is 2. The maximum absolute atomic E-state index is 10.8. The van der Waals surface area contributed by atoms with Crippen LogP contribution in [0.1, 0.15) is 60.3 Å². The van der Waals surface area contributed by atoms with Gasteiger partial charge in [0.2, 0.25) is 0 Å². The molecule has 0 aromatic heterocycles. The lowest BCUT2D eigenvalue weighted by atomic mass is 9.87. The van der Waals surface area contributed by atoms with Crippen LogP contribution >= 0.6 is 0 Å². The second kappa shape index (κ2) is 8.92. The highest BCUT2D eigenvalue weighted by Gasteiger charge is 2.16. The summed E-state index contributed by atoms with van der Waals surface area (Å²) in [5.41, 5.74) is 0. The Morgan fingerprint density at radius 2 is 1.29 bits per heavy atom. The molecule has 2 nitrogen and oxygen atoms in total. The zero-order valence-corrected chi connectivity index (χ0v) is 8.93. The van der Waals surface area contributed by atoms with Crippen molar-refractivity contribution in [3.8, 4) is 0 Å². The second-order valence-corrected chi connectivity index (χ2v) is 3.85. The highest BCUT2D eigenvalue weighted by atomic mass is 16.1. The fourth-order valence-corrected chi connectivity index (χ4v) is 1.51. The van der Waals surface area contributed by atoms with Crippen molar-refractivity contribution in [2.24, 2.45) is 5.92 Å². The smallest absolute Gasteiger partial charge is 0.132 e. The molecule has 0 spiro atoms. The third kappa shape index (κ3) is 9.43. The van der Waals surface area contributed by atoms with Gasteiger partial charge in [-0.3, -0.25) is 4.79 Å². The van der Waals surface area contributed by atoms with E-state index >= 15 is 0 Å². The van der Waals surface area contributed by atoms with E-state index in [2.05, 4.69) is 0 Å². The first-order valence-electron chi connectivity index (χ1n) is 5.01. The average molecular weight is 200 g/mol. The van der Waals surface area contributed by atoms with Gasteiger partial charge in [-0.05, 0) is 33.6 Å². The first-order chi connectivity index (χ1) is 6.04. The van der Waals surface area contributed by atoms with Gasteiger partial charge in [0, 0.05) is 5.92 Å². The van der Waals surface area contributed by atoms with Crippen LogP contribution < -0.4 is 0 Å². The SMILES string of the molecule is C.CC(=O)C1CCCCC1.CC(C)=O. The molecule has 1 aliphatic carbocycles. The van der Waals surface area contributed by atoms with Gasteiger partial charge in [-0.15, -0.1) is 0 Å². The van der Waals surface area contributed by atoms with Crippen LogP contribution in [0.4, 0.5) is 0 Å². The minimum absolute atomic E-state index is 0. The summed E-state index contributed by atoms with van der Waals surface area (Å²) in [4.78, 5) is 20.2. The Balaban J connectivity index is 0. The molecular formula is C12H24O2. The molecule has 0 aliphatic heterocycles.